The molecular formula is C20H21Cl2N3O6. The van der Waals surface area contributed by atoms with Gasteiger partial charge in [0.05, 0.1) is 12.0 Å². The molecule has 31 heavy (non-hydrogen) atoms. The molecular weight excluding hydrogens is 449 g/mol. The fourth-order valence-electron chi connectivity index (χ4n) is 2.77. The number of nitro benzene ring substituents is 1. The van der Waals surface area contributed by atoms with E-state index in [1.165, 1.54) is 37.3 Å². The molecule has 11 heteroatoms. The lowest BCUT2D eigenvalue weighted by Crippen LogP contribution is -2.48. The minimum atomic E-state index is -0.833. The summed E-state index contributed by atoms with van der Waals surface area (Å²) in [5.74, 6) is -0.703. The molecule has 0 radical (unpaired) electrons. The van der Waals surface area contributed by atoms with Crippen molar-refractivity contribution >= 4 is 40.7 Å². The second-order valence-corrected chi connectivity index (χ2v) is 7.21. The number of hydrogen-bond donors (Lipinski definition) is 1. The van der Waals surface area contributed by atoms with Crippen molar-refractivity contribution in [2.45, 2.75) is 19.5 Å². The molecule has 0 unspecified atom stereocenters. The standard InChI is InChI=1S/C20H21Cl2N3O6/c1-12(20(27)23-2)24(10-14-15(21)5-4-6-16(14)22)19(26)11-31-13-7-8-17(25(28)29)18(9-13)30-3/h4-9,12H,10-11H2,1-3H3,(H,23,27)/t12-/m1/s1. The minimum Gasteiger partial charge on any atom is -0.490 e. The van der Waals surface area contributed by atoms with Crippen molar-refractivity contribution in [1.82, 2.24) is 10.2 Å². The zero-order chi connectivity index (χ0) is 23.1. The molecule has 0 saturated carbocycles. The summed E-state index contributed by atoms with van der Waals surface area (Å²) in [4.78, 5) is 36.8. The molecule has 0 heterocycles. The molecule has 0 aromatic heterocycles. The number of likely N-dealkylation sites (N-methyl/N-ethyl adjacent to an activating group) is 1. The molecule has 166 valence electrons. The Morgan fingerprint density at radius 1 is 1.23 bits per heavy atom. The Morgan fingerprint density at radius 2 is 1.87 bits per heavy atom. The molecule has 0 saturated heterocycles. The lowest BCUT2D eigenvalue weighted by atomic mass is 10.1. The topological polar surface area (TPSA) is 111 Å². The van der Waals surface area contributed by atoms with Crippen LogP contribution >= 0.6 is 23.2 Å². The number of methoxy groups -OCH3 is 1. The van der Waals surface area contributed by atoms with E-state index in [1.807, 2.05) is 0 Å². The van der Waals surface area contributed by atoms with Gasteiger partial charge in [0.2, 0.25) is 11.7 Å². The van der Waals surface area contributed by atoms with Crippen molar-refractivity contribution in [2.75, 3.05) is 20.8 Å². The number of hydrogen-bond acceptors (Lipinski definition) is 6. The average Bonchev–Trinajstić information content (AvgIpc) is 2.75. The smallest absolute Gasteiger partial charge is 0.311 e. The normalized spacial score (nSPS) is 11.4. The van der Waals surface area contributed by atoms with Crippen LogP contribution in [0, 0.1) is 10.1 Å². The van der Waals surface area contributed by atoms with Crippen molar-refractivity contribution in [3.05, 3.63) is 62.1 Å². The predicted molar refractivity (Wildman–Crippen MR) is 116 cm³/mol. The maximum absolute atomic E-state index is 12.9. The van der Waals surface area contributed by atoms with Crippen molar-refractivity contribution < 1.29 is 24.0 Å². The number of carbonyl (C=O) groups excluding carboxylic acids is 2. The largest absolute Gasteiger partial charge is 0.490 e. The van der Waals surface area contributed by atoms with E-state index in [4.69, 9.17) is 32.7 Å². The zero-order valence-corrected chi connectivity index (χ0v) is 18.6. The molecule has 0 aliphatic heterocycles. The number of ether oxygens (including phenoxy) is 2. The van der Waals surface area contributed by atoms with Crippen molar-refractivity contribution in [3.63, 3.8) is 0 Å². The lowest BCUT2D eigenvalue weighted by Gasteiger charge is -2.29. The van der Waals surface area contributed by atoms with E-state index in [-0.39, 0.29) is 29.6 Å². The second kappa shape index (κ2) is 10.8. The third-order valence-corrected chi connectivity index (χ3v) is 5.22. The van der Waals surface area contributed by atoms with E-state index in [0.29, 0.717) is 15.6 Å². The molecule has 2 amide bonds. The van der Waals surface area contributed by atoms with E-state index >= 15 is 0 Å². The summed E-state index contributed by atoms with van der Waals surface area (Å²) < 4.78 is 10.5. The highest BCUT2D eigenvalue weighted by molar-refractivity contribution is 6.36. The Hall–Kier alpha value is -3.04. The van der Waals surface area contributed by atoms with Gasteiger partial charge in [0.25, 0.3) is 5.91 Å². The van der Waals surface area contributed by atoms with Crippen LogP contribution in [0.3, 0.4) is 0 Å². The monoisotopic (exact) mass is 469 g/mol. The molecule has 0 bridgehead atoms. The van der Waals surface area contributed by atoms with Crippen LogP contribution < -0.4 is 14.8 Å². The SMILES string of the molecule is CNC(=O)[C@@H](C)N(Cc1c(Cl)cccc1Cl)C(=O)COc1ccc([N+](=O)[O-])c(OC)c1. The maximum atomic E-state index is 12.9. The second-order valence-electron chi connectivity index (χ2n) is 6.39. The van der Waals surface area contributed by atoms with E-state index < -0.39 is 23.5 Å². The quantitative estimate of drug-likeness (QED) is 0.444. The van der Waals surface area contributed by atoms with Crippen molar-refractivity contribution in [2.24, 2.45) is 0 Å². The number of nitrogens with zero attached hydrogens (tertiary/aromatic N) is 2. The number of nitrogens with one attached hydrogen (secondary N) is 1. The number of halogens is 2. The minimum absolute atomic E-state index is 0.00613. The first-order valence-electron chi connectivity index (χ1n) is 9.08. The van der Waals surface area contributed by atoms with E-state index in [1.54, 1.807) is 25.1 Å². The van der Waals surface area contributed by atoms with Gasteiger partial charge in [0.15, 0.2) is 6.61 Å². The van der Waals surface area contributed by atoms with E-state index in [2.05, 4.69) is 5.32 Å². The van der Waals surface area contributed by atoms with Crippen LogP contribution in [0.25, 0.3) is 0 Å². The molecule has 9 nitrogen and oxygen atoms in total. The summed E-state index contributed by atoms with van der Waals surface area (Å²) in [6, 6.07) is 7.99. The Bertz CT molecular complexity index is 965. The first-order valence-corrected chi connectivity index (χ1v) is 9.84. The van der Waals surface area contributed by atoms with Gasteiger partial charge in [0.1, 0.15) is 11.8 Å². The van der Waals surface area contributed by atoms with E-state index in [9.17, 15) is 19.7 Å². The van der Waals surface area contributed by atoms with E-state index in [0.717, 1.165) is 0 Å². The van der Waals surface area contributed by atoms with Crippen LogP contribution in [0.4, 0.5) is 5.69 Å². The fraction of sp³-hybridized carbons (Fsp3) is 0.300. The summed E-state index contributed by atoms with van der Waals surface area (Å²) >= 11 is 12.4. The Morgan fingerprint density at radius 3 is 2.42 bits per heavy atom. The number of amides is 2. The average molecular weight is 470 g/mol. The highest BCUT2D eigenvalue weighted by Gasteiger charge is 2.27. The molecule has 2 aromatic rings. The summed E-state index contributed by atoms with van der Waals surface area (Å²) in [6.45, 7) is 1.12. The molecule has 1 N–H and O–H groups in total. The molecule has 0 aliphatic carbocycles. The van der Waals surface area contributed by atoms with Gasteiger partial charge in [-0.25, -0.2) is 0 Å². The van der Waals surface area contributed by atoms with Gasteiger partial charge in [0, 0.05) is 41.3 Å². The van der Waals surface area contributed by atoms with Gasteiger partial charge in [-0.15, -0.1) is 0 Å². The number of benzene rings is 2. The van der Waals surface area contributed by atoms with Gasteiger partial charge in [-0.3, -0.25) is 19.7 Å². The maximum Gasteiger partial charge on any atom is 0.311 e. The van der Waals surface area contributed by atoms with Crippen LogP contribution in [-0.2, 0) is 16.1 Å². The number of rotatable bonds is 9. The molecule has 0 spiro atoms. The summed E-state index contributed by atoms with van der Waals surface area (Å²) in [5, 5.41) is 14.2. The summed E-state index contributed by atoms with van der Waals surface area (Å²) in [6.07, 6.45) is 0. The Balaban J connectivity index is 2.23. The highest BCUT2D eigenvalue weighted by Crippen LogP contribution is 2.31. The molecule has 0 aliphatic rings. The van der Waals surface area contributed by atoms with Crippen LogP contribution in [0.1, 0.15) is 12.5 Å². The Kier molecular flexibility index (Phi) is 8.47. The van der Waals surface area contributed by atoms with Gasteiger partial charge in [-0.05, 0) is 25.1 Å². The third kappa shape index (κ3) is 5.99. The number of carbonyl (C=O) groups is 2. The summed E-state index contributed by atoms with van der Waals surface area (Å²) in [7, 11) is 2.75. The van der Waals surface area contributed by atoms with Crippen molar-refractivity contribution in [3.8, 4) is 11.5 Å². The van der Waals surface area contributed by atoms with Crippen LogP contribution in [-0.4, -0.2) is 48.4 Å². The predicted octanol–water partition coefficient (Wildman–Crippen LogP) is 3.45. The molecule has 1 atom stereocenters. The first-order chi connectivity index (χ1) is 14.7. The van der Waals surface area contributed by atoms with Crippen LogP contribution in [0.2, 0.25) is 10.0 Å². The first kappa shape index (κ1) is 24.2. The molecule has 2 aromatic carbocycles. The number of nitro groups is 1. The Labute approximate surface area is 189 Å². The van der Waals surface area contributed by atoms with Crippen LogP contribution in [0.5, 0.6) is 11.5 Å². The fourth-order valence-corrected chi connectivity index (χ4v) is 3.29. The molecule has 0 fully saturated rings. The summed E-state index contributed by atoms with van der Waals surface area (Å²) in [5.41, 5.74) is 0.261. The van der Waals surface area contributed by atoms with Crippen molar-refractivity contribution in [1.29, 1.82) is 0 Å². The van der Waals surface area contributed by atoms with Gasteiger partial charge >= 0.3 is 5.69 Å². The third-order valence-electron chi connectivity index (χ3n) is 4.51. The van der Waals surface area contributed by atoms with Gasteiger partial charge < -0.3 is 19.7 Å². The molecule has 2 rings (SSSR count). The van der Waals surface area contributed by atoms with Gasteiger partial charge in [-0.1, -0.05) is 29.3 Å². The van der Waals surface area contributed by atoms with Gasteiger partial charge in [-0.2, -0.15) is 0 Å². The van der Waals surface area contributed by atoms with Crippen LogP contribution in [0.15, 0.2) is 36.4 Å². The lowest BCUT2D eigenvalue weighted by molar-refractivity contribution is -0.385. The highest BCUT2D eigenvalue weighted by atomic mass is 35.5. The zero-order valence-electron chi connectivity index (χ0n) is 17.1.